The van der Waals surface area contributed by atoms with E-state index in [1.165, 1.54) is 10.4 Å². The second-order valence-electron chi connectivity index (χ2n) is 5.83. The molecule has 0 aromatic heterocycles. The van der Waals surface area contributed by atoms with Gasteiger partial charge >= 0.3 is 0 Å². The average molecular weight is 470 g/mol. The lowest BCUT2D eigenvalue weighted by Crippen LogP contribution is -2.40. The van der Waals surface area contributed by atoms with E-state index in [1.807, 2.05) is 36.4 Å². The first-order valence-corrected chi connectivity index (χ1v) is 10.9. The number of sulfonamides is 1. The molecule has 0 bridgehead atoms. The third-order valence-electron chi connectivity index (χ3n) is 3.94. The van der Waals surface area contributed by atoms with Gasteiger partial charge in [-0.05, 0) is 45.8 Å². The summed E-state index contributed by atoms with van der Waals surface area (Å²) in [6.45, 7) is 1.40. The Bertz CT molecular complexity index is 956. The minimum absolute atomic E-state index is 0.0591. The van der Waals surface area contributed by atoms with Crippen molar-refractivity contribution in [1.82, 2.24) is 4.31 Å². The number of hydrogen-bond acceptors (Lipinski definition) is 4. The standard InChI is InChI=1S/C19H18BrClN2O3S/c20-16(12-15-4-2-1-3-5-15)14-22-17-6-7-18(21)19(13-17)27(24,25)23-8-10-26-11-9-23/h1-7,12-14H,8-11H2. The predicted octanol–water partition coefficient (Wildman–Crippen LogP) is 4.50. The fraction of sp³-hybridized carbons (Fsp3) is 0.211. The van der Waals surface area contributed by atoms with E-state index >= 15 is 0 Å². The summed E-state index contributed by atoms with van der Waals surface area (Å²) in [5.41, 5.74) is 1.53. The van der Waals surface area contributed by atoms with Gasteiger partial charge in [-0.1, -0.05) is 41.9 Å². The smallest absolute Gasteiger partial charge is 0.244 e. The molecule has 1 aliphatic heterocycles. The third-order valence-corrected chi connectivity index (χ3v) is 6.76. The summed E-state index contributed by atoms with van der Waals surface area (Å²) in [5.74, 6) is 0. The van der Waals surface area contributed by atoms with Crippen LogP contribution in [-0.2, 0) is 14.8 Å². The lowest BCUT2D eigenvalue weighted by molar-refractivity contribution is 0.0730. The van der Waals surface area contributed by atoms with E-state index in [0.717, 1.165) is 10.0 Å². The van der Waals surface area contributed by atoms with E-state index in [2.05, 4.69) is 20.9 Å². The molecule has 2 aromatic rings. The highest BCUT2D eigenvalue weighted by Gasteiger charge is 2.28. The van der Waals surface area contributed by atoms with E-state index in [-0.39, 0.29) is 9.92 Å². The quantitative estimate of drug-likeness (QED) is 0.606. The number of halogens is 2. The van der Waals surface area contributed by atoms with Crippen molar-refractivity contribution in [1.29, 1.82) is 0 Å². The first-order valence-electron chi connectivity index (χ1n) is 8.30. The molecule has 0 unspecified atom stereocenters. The second-order valence-corrected chi connectivity index (χ2v) is 9.06. The Morgan fingerprint density at radius 3 is 2.56 bits per heavy atom. The van der Waals surface area contributed by atoms with Gasteiger partial charge in [0.25, 0.3) is 0 Å². The minimum Gasteiger partial charge on any atom is -0.379 e. The fourth-order valence-electron chi connectivity index (χ4n) is 2.58. The topological polar surface area (TPSA) is 59.0 Å². The minimum atomic E-state index is -3.68. The van der Waals surface area contributed by atoms with Gasteiger partial charge in [0.1, 0.15) is 4.90 Å². The molecule has 0 radical (unpaired) electrons. The van der Waals surface area contributed by atoms with Crippen LogP contribution in [0.2, 0.25) is 5.02 Å². The molecule has 1 heterocycles. The number of allylic oxidation sites excluding steroid dienone is 1. The van der Waals surface area contributed by atoms with Gasteiger partial charge in [0.05, 0.1) is 23.9 Å². The molecular weight excluding hydrogens is 452 g/mol. The number of morpholine rings is 1. The maximum Gasteiger partial charge on any atom is 0.244 e. The van der Waals surface area contributed by atoms with Crippen LogP contribution in [0.3, 0.4) is 0 Å². The zero-order chi connectivity index (χ0) is 19.3. The zero-order valence-corrected chi connectivity index (χ0v) is 17.5. The van der Waals surface area contributed by atoms with Gasteiger partial charge in [0.2, 0.25) is 10.0 Å². The highest BCUT2D eigenvalue weighted by Crippen LogP contribution is 2.29. The van der Waals surface area contributed by atoms with Crippen LogP contribution in [0.25, 0.3) is 6.08 Å². The van der Waals surface area contributed by atoms with Crippen LogP contribution in [0.5, 0.6) is 0 Å². The highest BCUT2D eigenvalue weighted by molar-refractivity contribution is 9.12. The molecule has 2 aromatic carbocycles. The van der Waals surface area contributed by atoms with E-state index in [1.54, 1.807) is 18.3 Å². The molecule has 0 aliphatic carbocycles. The molecule has 0 amide bonds. The second kappa shape index (κ2) is 9.12. The molecule has 0 N–H and O–H groups in total. The Kier molecular flexibility index (Phi) is 6.83. The maximum absolute atomic E-state index is 12.9. The summed E-state index contributed by atoms with van der Waals surface area (Å²) in [6, 6.07) is 14.5. The summed E-state index contributed by atoms with van der Waals surface area (Å²) < 4.78 is 33.1. The highest BCUT2D eigenvalue weighted by atomic mass is 79.9. The average Bonchev–Trinajstić information content (AvgIpc) is 2.68. The first-order chi connectivity index (χ1) is 13.0. The molecule has 1 fully saturated rings. The van der Waals surface area contributed by atoms with Crippen molar-refractivity contribution in [2.24, 2.45) is 4.99 Å². The number of nitrogens with zero attached hydrogens (tertiary/aromatic N) is 2. The molecule has 0 atom stereocenters. The van der Waals surface area contributed by atoms with Gasteiger partial charge in [-0.15, -0.1) is 0 Å². The Balaban J connectivity index is 1.84. The molecule has 0 saturated carbocycles. The number of benzene rings is 2. The molecule has 0 spiro atoms. The van der Waals surface area contributed by atoms with Gasteiger partial charge in [-0.25, -0.2) is 8.42 Å². The lowest BCUT2D eigenvalue weighted by Gasteiger charge is -2.26. The zero-order valence-electron chi connectivity index (χ0n) is 14.4. The van der Waals surface area contributed by atoms with Gasteiger partial charge < -0.3 is 4.74 Å². The number of aliphatic imine (C=N–C) groups is 1. The monoisotopic (exact) mass is 468 g/mol. The van der Waals surface area contributed by atoms with Crippen LogP contribution >= 0.6 is 27.5 Å². The molecule has 8 heteroatoms. The molecular formula is C19H18BrClN2O3S. The van der Waals surface area contributed by atoms with Gasteiger partial charge in [-0.3, -0.25) is 4.99 Å². The normalized spacial score (nSPS) is 16.7. The van der Waals surface area contributed by atoms with Crippen LogP contribution in [0.4, 0.5) is 5.69 Å². The third kappa shape index (κ3) is 5.27. The predicted molar refractivity (Wildman–Crippen MR) is 113 cm³/mol. The van der Waals surface area contributed by atoms with Crippen LogP contribution in [0.1, 0.15) is 5.56 Å². The van der Waals surface area contributed by atoms with Crippen molar-refractivity contribution in [2.75, 3.05) is 26.3 Å². The molecule has 27 heavy (non-hydrogen) atoms. The number of hydrogen-bond donors (Lipinski definition) is 0. The van der Waals surface area contributed by atoms with E-state index in [4.69, 9.17) is 16.3 Å². The van der Waals surface area contributed by atoms with Crippen molar-refractivity contribution in [3.63, 3.8) is 0 Å². The molecule has 3 rings (SSSR count). The van der Waals surface area contributed by atoms with Crippen LogP contribution in [0, 0.1) is 0 Å². The summed E-state index contributed by atoms with van der Waals surface area (Å²) in [7, 11) is -3.68. The van der Waals surface area contributed by atoms with E-state index in [9.17, 15) is 8.42 Å². The SMILES string of the molecule is O=S(=O)(c1cc(N=CC(Br)=Cc2ccccc2)ccc1Cl)N1CCOCC1. The summed E-state index contributed by atoms with van der Waals surface area (Å²) in [4.78, 5) is 4.42. The van der Waals surface area contributed by atoms with Crippen molar-refractivity contribution in [3.8, 4) is 0 Å². The summed E-state index contributed by atoms with van der Waals surface area (Å²) in [5, 5.41) is 0.180. The largest absolute Gasteiger partial charge is 0.379 e. The van der Waals surface area contributed by atoms with E-state index < -0.39 is 10.0 Å². The molecule has 1 aliphatic rings. The Labute approximate surface area is 172 Å². The van der Waals surface area contributed by atoms with Crippen LogP contribution in [-0.4, -0.2) is 45.2 Å². The molecule has 142 valence electrons. The summed E-state index contributed by atoms with van der Waals surface area (Å²) >= 11 is 9.61. The Morgan fingerprint density at radius 1 is 1.15 bits per heavy atom. The lowest BCUT2D eigenvalue weighted by atomic mass is 10.2. The van der Waals surface area contributed by atoms with Crippen molar-refractivity contribution >= 4 is 55.5 Å². The summed E-state index contributed by atoms with van der Waals surface area (Å²) in [6.07, 6.45) is 3.55. The van der Waals surface area contributed by atoms with Crippen molar-refractivity contribution in [2.45, 2.75) is 4.90 Å². The van der Waals surface area contributed by atoms with Crippen molar-refractivity contribution < 1.29 is 13.2 Å². The van der Waals surface area contributed by atoms with Gasteiger partial charge in [0, 0.05) is 23.8 Å². The van der Waals surface area contributed by atoms with Gasteiger partial charge in [0.15, 0.2) is 0 Å². The number of ether oxygens (including phenoxy) is 1. The van der Waals surface area contributed by atoms with Gasteiger partial charge in [-0.2, -0.15) is 4.31 Å². The molecule has 1 saturated heterocycles. The van der Waals surface area contributed by atoms with E-state index in [0.29, 0.717) is 32.0 Å². The van der Waals surface area contributed by atoms with Crippen molar-refractivity contribution in [3.05, 3.63) is 63.6 Å². The number of rotatable bonds is 5. The first kappa shape index (κ1) is 20.2. The van der Waals surface area contributed by atoms with Crippen LogP contribution < -0.4 is 0 Å². The Morgan fingerprint density at radius 2 is 1.85 bits per heavy atom. The van der Waals surface area contributed by atoms with Crippen LogP contribution in [0.15, 0.2) is 62.9 Å². The maximum atomic E-state index is 12.9. The molecule has 5 nitrogen and oxygen atoms in total. The Hall–Kier alpha value is -1.51. The fourth-order valence-corrected chi connectivity index (χ4v) is 4.85.